The van der Waals surface area contributed by atoms with Crippen LogP contribution in [0.3, 0.4) is 0 Å². The van der Waals surface area contributed by atoms with Gasteiger partial charge < -0.3 is 10.0 Å². The molecule has 0 heterocycles. The van der Waals surface area contributed by atoms with Crippen molar-refractivity contribution in [2.24, 2.45) is 5.92 Å². The molecule has 0 aliphatic rings. The van der Waals surface area contributed by atoms with E-state index in [1.165, 1.54) is 5.56 Å². The SMILES string of the molecule is CN(C)C[C@@H](Cc1ccccc1)[C@@](C)(O)c1ccccc1. The molecule has 21 heavy (non-hydrogen) atoms. The first kappa shape index (κ1) is 15.7. The molecule has 0 saturated carbocycles. The van der Waals surface area contributed by atoms with E-state index in [1.54, 1.807) is 0 Å². The van der Waals surface area contributed by atoms with Gasteiger partial charge in [0.2, 0.25) is 0 Å². The van der Waals surface area contributed by atoms with Crippen molar-refractivity contribution in [2.45, 2.75) is 18.9 Å². The van der Waals surface area contributed by atoms with Crippen molar-refractivity contribution in [1.29, 1.82) is 0 Å². The van der Waals surface area contributed by atoms with Crippen molar-refractivity contribution in [3.8, 4) is 0 Å². The number of aliphatic hydroxyl groups is 1. The molecule has 112 valence electrons. The number of rotatable bonds is 6. The van der Waals surface area contributed by atoms with Crippen molar-refractivity contribution < 1.29 is 5.11 Å². The molecule has 1 N–H and O–H groups in total. The van der Waals surface area contributed by atoms with E-state index >= 15 is 0 Å². The summed E-state index contributed by atoms with van der Waals surface area (Å²) in [7, 11) is 4.11. The van der Waals surface area contributed by atoms with Gasteiger partial charge in [0.15, 0.2) is 0 Å². The second-order valence-electron chi connectivity index (χ2n) is 6.16. The zero-order valence-corrected chi connectivity index (χ0v) is 13.2. The Kier molecular flexibility index (Phi) is 5.16. The van der Waals surface area contributed by atoms with Gasteiger partial charge in [-0.15, -0.1) is 0 Å². The summed E-state index contributed by atoms with van der Waals surface area (Å²) in [6.45, 7) is 2.77. The summed E-state index contributed by atoms with van der Waals surface area (Å²) in [4.78, 5) is 2.14. The summed E-state index contributed by atoms with van der Waals surface area (Å²) < 4.78 is 0. The first-order valence-corrected chi connectivity index (χ1v) is 7.46. The Balaban J connectivity index is 2.26. The standard InChI is InChI=1S/C19H25NO/c1-19(21,17-12-8-5-9-13-17)18(15-20(2)3)14-16-10-6-4-7-11-16/h4-13,18,21H,14-15H2,1-3H3/t18-,19+/m1/s1. The van der Waals surface area contributed by atoms with E-state index in [9.17, 15) is 5.11 Å². The molecule has 0 aliphatic carbocycles. The fraction of sp³-hybridized carbons (Fsp3) is 0.368. The van der Waals surface area contributed by atoms with Gasteiger partial charge >= 0.3 is 0 Å². The van der Waals surface area contributed by atoms with Gasteiger partial charge in [0, 0.05) is 12.5 Å². The molecule has 0 saturated heterocycles. The van der Waals surface area contributed by atoms with E-state index in [4.69, 9.17) is 0 Å². The third kappa shape index (κ3) is 4.16. The largest absolute Gasteiger partial charge is 0.385 e. The quantitative estimate of drug-likeness (QED) is 0.879. The van der Waals surface area contributed by atoms with E-state index < -0.39 is 5.60 Å². The van der Waals surface area contributed by atoms with Crippen LogP contribution in [0.4, 0.5) is 0 Å². The van der Waals surface area contributed by atoms with E-state index in [1.807, 2.05) is 43.3 Å². The Bertz CT molecular complexity index is 534. The molecule has 2 nitrogen and oxygen atoms in total. The fourth-order valence-electron chi connectivity index (χ4n) is 2.79. The van der Waals surface area contributed by atoms with Crippen molar-refractivity contribution in [1.82, 2.24) is 4.90 Å². The van der Waals surface area contributed by atoms with Crippen LogP contribution < -0.4 is 0 Å². The first-order valence-electron chi connectivity index (χ1n) is 7.46. The summed E-state index contributed by atoms with van der Waals surface area (Å²) in [5, 5.41) is 11.1. The molecule has 2 heteroatoms. The van der Waals surface area contributed by atoms with Gasteiger partial charge in [-0.2, -0.15) is 0 Å². The highest BCUT2D eigenvalue weighted by atomic mass is 16.3. The number of hydrogen-bond acceptors (Lipinski definition) is 2. The van der Waals surface area contributed by atoms with Crippen LogP contribution in [0.5, 0.6) is 0 Å². The smallest absolute Gasteiger partial charge is 0.0911 e. The Morgan fingerprint density at radius 3 is 2.00 bits per heavy atom. The van der Waals surface area contributed by atoms with E-state index in [0.717, 1.165) is 18.5 Å². The monoisotopic (exact) mass is 283 g/mol. The molecule has 0 amide bonds. The average Bonchev–Trinajstić information content (AvgIpc) is 2.48. The van der Waals surface area contributed by atoms with Gasteiger partial charge in [-0.3, -0.25) is 0 Å². The van der Waals surface area contributed by atoms with Crippen molar-refractivity contribution in [3.63, 3.8) is 0 Å². The summed E-state index contributed by atoms with van der Waals surface area (Å²) in [6.07, 6.45) is 0.862. The molecule has 0 fully saturated rings. The Hall–Kier alpha value is -1.64. The summed E-state index contributed by atoms with van der Waals surface area (Å²) in [6, 6.07) is 20.4. The Morgan fingerprint density at radius 1 is 0.952 bits per heavy atom. The minimum atomic E-state index is -0.846. The summed E-state index contributed by atoms with van der Waals surface area (Å²) in [5.74, 6) is 0.136. The maximum absolute atomic E-state index is 11.1. The van der Waals surface area contributed by atoms with Crippen LogP contribution in [-0.4, -0.2) is 30.6 Å². The van der Waals surface area contributed by atoms with Gasteiger partial charge in [0.1, 0.15) is 0 Å². The third-order valence-electron chi connectivity index (χ3n) is 4.06. The zero-order chi connectivity index (χ0) is 15.3. The highest BCUT2D eigenvalue weighted by molar-refractivity contribution is 5.24. The molecular formula is C19H25NO. The summed E-state index contributed by atoms with van der Waals surface area (Å²) >= 11 is 0. The van der Waals surface area contributed by atoms with E-state index in [2.05, 4.69) is 43.3 Å². The van der Waals surface area contributed by atoms with Crippen molar-refractivity contribution in [2.75, 3.05) is 20.6 Å². The van der Waals surface area contributed by atoms with Crippen LogP contribution in [0, 0.1) is 5.92 Å². The lowest BCUT2D eigenvalue weighted by Crippen LogP contribution is -2.39. The van der Waals surface area contributed by atoms with Crippen LogP contribution in [0.1, 0.15) is 18.1 Å². The van der Waals surface area contributed by atoms with Gasteiger partial charge in [-0.05, 0) is 38.6 Å². The third-order valence-corrected chi connectivity index (χ3v) is 4.06. The second kappa shape index (κ2) is 6.88. The molecule has 0 unspecified atom stereocenters. The lowest BCUT2D eigenvalue weighted by atomic mass is 9.79. The van der Waals surface area contributed by atoms with Gasteiger partial charge in [-0.25, -0.2) is 0 Å². The highest BCUT2D eigenvalue weighted by Gasteiger charge is 2.33. The minimum absolute atomic E-state index is 0.136. The molecule has 2 rings (SSSR count). The van der Waals surface area contributed by atoms with Crippen LogP contribution in [0.15, 0.2) is 60.7 Å². The number of benzene rings is 2. The van der Waals surface area contributed by atoms with E-state index in [-0.39, 0.29) is 5.92 Å². The minimum Gasteiger partial charge on any atom is -0.385 e. The highest BCUT2D eigenvalue weighted by Crippen LogP contribution is 2.32. The molecule has 2 aromatic rings. The predicted octanol–water partition coefficient (Wildman–Crippen LogP) is 3.31. The second-order valence-corrected chi connectivity index (χ2v) is 6.16. The fourth-order valence-corrected chi connectivity index (χ4v) is 2.79. The van der Waals surface area contributed by atoms with Crippen LogP contribution in [0.25, 0.3) is 0 Å². The molecule has 0 spiro atoms. The lowest BCUT2D eigenvalue weighted by molar-refractivity contribution is -0.0157. The molecule has 0 aromatic heterocycles. The topological polar surface area (TPSA) is 23.5 Å². The molecule has 0 radical (unpaired) electrons. The maximum atomic E-state index is 11.1. The van der Waals surface area contributed by atoms with Gasteiger partial charge in [-0.1, -0.05) is 60.7 Å². The van der Waals surface area contributed by atoms with Crippen molar-refractivity contribution >= 4 is 0 Å². The number of nitrogens with zero attached hydrogens (tertiary/aromatic N) is 1. The van der Waals surface area contributed by atoms with E-state index in [0.29, 0.717) is 0 Å². The van der Waals surface area contributed by atoms with Crippen molar-refractivity contribution in [3.05, 3.63) is 71.8 Å². The van der Waals surface area contributed by atoms with Crippen LogP contribution in [0.2, 0.25) is 0 Å². The lowest BCUT2D eigenvalue weighted by Gasteiger charge is -2.35. The van der Waals surface area contributed by atoms with Gasteiger partial charge in [0.05, 0.1) is 5.60 Å². The normalized spacial score (nSPS) is 15.7. The Labute approximate surface area is 128 Å². The molecule has 2 aromatic carbocycles. The Morgan fingerprint density at radius 2 is 1.48 bits per heavy atom. The summed E-state index contributed by atoms with van der Waals surface area (Å²) in [5.41, 5.74) is 1.40. The molecule has 2 atom stereocenters. The number of hydrogen-bond donors (Lipinski definition) is 1. The molecule has 0 aliphatic heterocycles. The van der Waals surface area contributed by atoms with Crippen LogP contribution in [-0.2, 0) is 12.0 Å². The molecular weight excluding hydrogens is 258 g/mol. The molecule has 0 bridgehead atoms. The van der Waals surface area contributed by atoms with Crippen LogP contribution >= 0.6 is 0 Å². The first-order chi connectivity index (χ1) is 10.00. The van der Waals surface area contributed by atoms with Gasteiger partial charge in [0.25, 0.3) is 0 Å². The maximum Gasteiger partial charge on any atom is 0.0911 e. The predicted molar refractivity (Wildman–Crippen MR) is 88.2 cm³/mol. The zero-order valence-electron chi connectivity index (χ0n) is 13.2. The average molecular weight is 283 g/mol.